The molecule has 4 rings (SSSR count). The summed E-state index contributed by atoms with van der Waals surface area (Å²) in [7, 11) is 1.68. The molecule has 0 spiro atoms. The molecule has 1 aromatic heterocycles. The fourth-order valence-electron chi connectivity index (χ4n) is 4.07. The van der Waals surface area contributed by atoms with E-state index in [0.717, 1.165) is 55.2 Å². The van der Waals surface area contributed by atoms with E-state index in [1.165, 1.54) is 5.56 Å². The predicted molar refractivity (Wildman–Crippen MR) is 126 cm³/mol. The number of carbonyl (C=O) groups excluding carboxylic acids is 1. The number of hydrogen-bond acceptors (Lipinski definition) is 5. The van der Waals surface area contributed by atoms with Crippen molar-refractivity contribution in [3.05, 3.63) is 54.1 Å². The van der Waals surface area contributed by atoms with Crippen molar-refractivity contribution in [2.45, 2.75) is 51.8 Å². The lowest BCUT2D eigenvalue weighted by molar-refractivity contribution is 0.0497. The van der Waals surface area contributed by atoms with Crippen LogP contribution >= 0.6 is 0 Å². The van der Waals surface area contributed by atoms with E-state index in [4.69, 9.17) is 14.5 Å². The van der Waals surface area contributed by atoms with Crippen LogP contribution < -0.4 is 15.0 Å². The average molecular weight is 437 g/mol. The summed E-state index contributed by atoms with van der Waals surface area (Å²) in [5, 5.41) is 3.01. The van der Waals surface area contributed by atoms with Crippen LogP contribution in [0.25, 0.3) is 11.0 Å². The molecule has 0 saturated carbocycles. The second kappa shape index (κ2) is 9.10. The average Bonchev–Trinajstić information content (AvgIpc) is 3.12. The largest absolute Gasteiger partial charge is 0.497 e. The van der Waals surface area contributed by atoms with E-state index in [1.807, 2.05) is 39.0 Å². The SMILES string of the molecule is COc1ccc(Cn2c(N3CCC(NC(=O)OC(C)(C)C)CC3)nc3ccccc32)cc1. The maximum atomic E-state index is 12.1. The molecule has 1 aliphatic rings. The van der Waals surface area contributed by atoms with Crippen LogP contribution in [0.3, 0.4) is 0 Å². The fraction of sp³-hybridized carbons (Fsp3) is 0.440. The molecule has 2 heterocycles. The summed E-state index contributed by atoms with van der Waals surface area (Å²) in [4.78, 5) is 19.4. The van der Waals surface area contributed by atoms with E-state index in [9.17, 15) is 4.79 Å². The van der Waals surface area contributed by atoms with E-state index < -0.39 is 5.60 Å². The van der Waals surface area contributed by atoms with Gasteiger partial charge < -0.3 is 24.3 Å². The topological polar surface area (TPSA) is 68.6 Å². The number of rotatable bonds is 5. The van der Waals surface area contributed by atoms with Crippen LogP contribution in [0.2, 0.25) is 0 Å². The zero-order valence-corrected chi connectivity index (χ0v) is 19.3. The molecule has 1 N–H and O–H groups in total. The molecule has 0 unspecified atom stereocenters. The number of nitrogens with one attached hydrogen (secondary N) is 1. The van der Waals surface area contributed by atoms with E-state index in [1.54, 1.807) is 7.11 Å². The number of aromatic nitrogens is 2. The number of imidazole rings is 1. The number of benzene rings is 2. The highest BCUT2D eigenvalue weighted by Gasteiger charge is 2.26. The number of para-hydroxylation sites is 2. The first-order valence-corrected chi connectivity index (χ1v) is 11.1. The van der Waals surface area contributed by atoms with E-state index in [-0.39, 0.29) is 12.1 Å². The van der Waals surface area contributed by atoms with Gasteiger partial charge in [-0.1, -0.05) is 24.3 Å². The number of anilines is 1. The Morgan fingerprint density at radius 2 is 1.78 bits per heavy atom. The Morgan fingerprint density at radius 1 is 1.09 bits per heavy atom. The molecule has 0 radical (unpaired) electrons. The maximum absolute atomic E-state index is 12.1. The lowest BCUT2D eigenvalue weighted by atomic mass is 10.1. The highest BCUT2D eigenvalue weighted by molar-refractivity contribution is 5.79. The van der Waals surface area contributed by atoms with Gasteiger partial charge in [0.15, 0.2) is 0 Å². The zero-order valence-electron chi connectivity index (χ0n) is 19.3. The molecule has 1 saturated heterocycles. The summed E-state index contributed by atoms with van der Waals surface area (Å²) >= 11 is 0. The third kappa shape index (κ3) is 5.15. The number of methoxy groups -OCH3 is 1. The van der Waals surface area contributed by atoms with Gasteiger partial charge in [-0.15, -0.1) is 0 Å². The highest BCUT2D eigenvalue weighted by atomic mass is 16.6. The maximum Gasteiger partial charge on any atom is 0.407 e. The monoisotopic (exact) mass is 436 g/mol. The second-order valence-corrected chi connectivity index (χ2v) is 9.24. The van der Waals surface area contributed by atoms with Crippen LogP contribution in [0, 0.1) is 0 Å². The first kappa shape index (κ1) is 22.0. The second-order valence-electron chi connectivity index (χ2n) is 9.24. The fourth-order valence-corrected chi connectivity index (χ4v) is 4.07. The van der Waals surface area contributed by atoms with E-state index in [0.29, 0.717) is 0 Å². The summed E-state index contributed by atoms with van der Waals surface area (Å²) in [5.41, 5.74) is 2.81. The minimum atomic E-state index is -0.489. The molecule has 7 nitrogen and oxygen atoms in total. The first-order valence-electron chi connectivity index (χ1n) is 11.1. The van der Waals surface area contributed by atoms with Gasteiger partial charge in [-0.2, -0.15) is 0 Å². The van der Waals surface area contributed by atoms with Crippen molar-refractivity contribution < 1.29 is 14.3 Å². The molecule has 1 amide bonds. The molecular formula is C25H32N4O3. The van der Waals surface area contributed by atoms with Crippen LogP contribution in [-0.4, -0.2) is 47.5 Å². The van der Waals surface area contributed by atoms with E-state index in [2.05, 4.69) is 45.1 Å². The van der Waals surface area contributed by atoms with Gasteiger partial charge in [-0.25, -0.2) is 9.78 Å². The summed E-state index contributed by atoms with van der Waals surface area (Å²) < 4.78 is 13.0. The molecule has 2 aromatic carbocycles. The first-order chi connectivity index (χ1) is 15.3. The molecule has 7 heteroatoms. The number of alkyl carbamates (subject to hydrolysis) is 1. The van der Waals surface area contributed by atoms with Crippen molar-refractivity contribution in [1.29, 1.82) is 0 Å². The molecule has 0 bridgehead atoms. The molecule has 32 heavy (non-hydrogen) atoms. The van der Waals surface area contributed by atoms with E-state index >= 15 is 0 Å². The standard InChI is InChI=1S/C25H32N4O3/c1-25(2,3)32-24(30)26-19-13-15-28(16-14-19)23-27-21-7-5-6-8-22(21)29(23)17-18-9-11-20(31-4)12-10-18/h5-12,19H,13-17H2,1-4H3,(H,26,30). The predicted octanol–water partition coefficient (Wildman–Crippen LogP) is 4.59. The van der Waals surface area contributed by atoms with Gasteiger partial charge in [0.05, 0.1) is 24.7 Å². The summed E-state index contributed by atoms with van der Waals surface area (Å²) in [6, 6.07) is 16.5. The lowest BCUT2D eigenvalue weighted by Gasteiger charge is -2.33. The molecule has 1 fully saturated rings. The Kier molecular flexibility index (Phi) is 6.26. The van der Waals surface area contributed by atoms with Gasteiger partial charge in [0.25, 0.3) is 0 Å². The lowest BCUT2D eigenvalue weighted by Crippen LogP contribution is -2.46. The Balaban J connectivity index is 1.49. The van der Waals surface area contributed by atoms with Crippen LogP contribution in [0.1, 0.15) is 39.2 Å². The number of ether oxygens (including phenoxy) is 2. The van der Waals surface area contributed by atoms with Crippen LogP contribution in [0.4, 0.5) is 10.7 Å². The third-order valence-corrected chi connectivity index (χ3v) is 5.63. The van der Waals surface area contributed by atoms with Gasteiger partial charge in [0, 0.05) is 19.1 Å². The Labute approximate surface area is 189 Å². The molecular weight excluding hydrogens is 404 g/mol. The van der Waals surface area contributed by atoms with Crippen LogP contribution in [0.5, 0.6) is 5.75 Å². The van der Waals surface area contributed by atoms with Crippen LogP contribution in [-0.2, 0) is 11.3 Å². The van der Waals surface area contributed by atoms with Crippen molar-refractivity contribution in [3.8, 4) is 5.75 Å². The highest BCUT2D eigenvalue weighted by Crippen LogP contribution is 2.27. The van der Waals surface area contributed by atoms with Gasteiger partial charge in [-0.05, 0) is 63.4 Å². The van der Waals surface area contributed by atoms with Crippen molar-refractivity contribution in [1.82, 2.24) is 14.9 Å². The number of nitrogens with zero attached hydrogens (tertiary/aromatic N) is 3. The molecule has 1 aliphatic heterocycles. The van der Waals surface area contributed by atoms with Gasteiger partial charge >= 0.3 is 6.09 Å². The van der Waals surface area contributed by atoms with Crippen molar-refractivity contribution in [2.24, 2.45) is 0 Å². The summed E-state index contributed by atoms with van der Waals surface area (Å²) in [6.45, 7) is 8.02. The van der Waals surface area contributed by atoms with Crippen molar-refractivity contribution in [3.63, 3.8) is 0 Å². The van der Waals surface area contributed by atoms with Gasteiger partial charge in [-0.3, -0.25) is 0 Å². The number of carbonyl (C=O) groups is 1. The van der Waals surface area contributed by atoms with Gasteiger partial charge in [0.2, 0.25) is 5.95 Å². The number of piperidine rings is 1. The number of amides is 1. The quantitative estimate of drug-likeness (QED) is 0.634. The summed E-state index contributed by atoms with van der Waals surface area (Å²) in [5.74, 6) is 1.82. The molecule has 0 atom stereocenters. The molecule has 0 aliphatic carbocycles. The number of fused-ring (bicyclic) bond motifs is 1. The van der Waals surface area contributed by atoms with Crippen molar-refractivity contribution >= 4 is 23.1 Å². The van der Waals surface area contributed by atoms with Crippen molar-refractivity contribution in [2.75, 3.05) is 25.1 Å². The van der Waals surface area contributed by atoms with Gasteiger partial charge in [0.1, 0.15) is 11.4 Å². The van der Waals surface area contributed by atoms with Crippen LogP contribution in [0.15, 0.2) is 48.5 Å². The normalized spacial score (nSPS) is 15.1. The Morgan fingerprint density at radius 3 is 2.44 bits per heavy atom. The Bertz CT molecular complexity index is 1060. The smallest absolute Gasteiger partial charge is 0.407 e. The minimum Gasteiger partial charge on any atom is -0.497 e. The summed E-state index contributed by atoms with van der Waals surface area (Å²) in [6.07, 6.45) is 1.36. The Hall–Kier alpha value is -3.22. The minimum absolute atomic E-state index is 0.112. The molecule has 3 aromatic rings. The third-order valence-electron chi connectivity index (χ3n) is 5.63. The number of hydrogen-bond donors (Lipinski definition) is 1. The zero-order chi connectivity index (χ0) is 22.7. The molecule has 170 valence electrons.